The van der Waals surface area contributed by atoms with E-state index in [1.165, 1.54) is 0 Å². The van der Waals surface area contributed by atoms with Crippen LogP contribution in [-0.4, -0.2) is 61.3 Å². The standard InChI is InChI=1S/C26H47N3O2.ClH/c1-20(2)14-28(15-21(3)4)18-25(19-29(16-22(5)6)17-23(7)8)31-26(30)27-24-12-10-9-11-13-24;/h9-13,20-23,25H,14-19H2,1-8H3,(H,27,30);1H. The van der Waals surface area contributed by atoms with Crippen molar-refractivity contribution in [1.29, 1.82) is 0 Å². The van der Waals surface area contributed by atoms with Crippen LogP contribution in [0.25, 0.3) is 0 Å². The summed E-state index contributed by atoms with van der Waals surface area (Å²) in [4.78, 5) is 17.6. The van der Waals surface area contributed by atoms with Gasteiger partial charge in [-0.05, 0) is 35.8 Å². The van der Waals surface area contributed by atoms with E-state index in [2.05, 4.69) is 70.5 Å². The molecule has 1 aromatic rings. The number of benzene rings is 1. The van der Waals surface area contributed by atoms with E-state index in [4.69, 9.17) is 4.74 Å². The number of carbonyl (C=O) groups is 1. The molecule has 0 radical (unpaired) electrons. The van der Waals surface area contributed by atoms with Crippen molar-refractivity contribution >= 4 is 24.2 Å². The van der Waals surface area contributed by atoms with Crippen LogP contribution >= 0.6 is 12.4 Å². The van der Waals surface area contributed by atoms with Crippen molar-refractivity contribution in [3.63, 3.8) is 0 Å². The Hall–Kier alpha value is -1.30. The van der Waals surface area contributed by atoms with Gasteiger partial charge in [0, 0.05) is 45.0 Å². The van der Waals surface area contributed by atoms with Gasteiger partial charge in [-0.2, -0.15) is 0 Å². The van der Waals surface area contributed by atoms with E-state index in [-0.39, 0.29) is 24.6 Å². The molecule has 1 N–H and O–H groups in total. The fourth-order valence-corrected chi connectivity index (χ4v) is 4.04. The van der Waals surface area contributed by atoms with Crippen molar-refractivity contribution in [2.45, 2.75) is 61.5 Å². The van der Waals surface area contributed by atoms with Gasteiger partial charge in [-0.25, -0.2) is 4.79 Å². The molecule has 32 heavy (non-hydrogen) atoms. The van der Waals surface area contributed by atoms with E-state index in [0.717, 1.165) is 45.0 Å². The molecule has 0 aliphatic heterocycles. The van der Waals surface area contributed by atoms with E-state index >= 15 is 0 Å². The molecule has 186 valence electrons. The summed E-state index contributed by atoms with van der Waals surface area (Å²) in [5.41, 5.74) is 0.758. The van der Waals surface area contributed by atoms with Crippen LogP contribution in [0.3, 0.4) is 0 Å². The molecule has 0 atom stereocenters. The second kappa shape index (κ2) is 16.3. The Morgan fingerprint density at radius 1 is 0.719 bits per heavy atom. The van der Waals surface area contributed by atoms with Gasteiger partial charge >= 0.3 is 6.09 Å². The molecule has 5 nitrogen and oxygen atoms in total. The summed E-state index contributed by atoms with van der Waals surface area (Å²) >= 11 is 0. The Morgan fingerprint density at radius 3 is 1.44 bits per heavy atom. The summed E-state index contributed by atoms with van der Waals surface area (Å²) in [6.07, 6.45) is -0.557. The molecule has 0 spiro atoms. The molecule has 1 amide bonds. The number of nitrogens with one attached hydrogen (secondary N) is 1. The molecule has 0 saturated heterocycles. The van der Waals surface area contributed by atoms with Crippen molar-refractivity contribution in [1.82, 2.24) is 9.80 Å². The highest BCUT2D eigenvalue weighted by Gasteiger charge is 2.23. The Balaban J connectivity index is 0.00000961. The number of anilines is 1. The van der Waals surface area contributed by atoms with Gasteiger partial charge in [0.05, 0.1) is 0 Å². The van der Waals surface area contributed by atoms with Gasteiger partial charge in [0.2, 0.25) is 0 Å². The lowest BCUT2D eigenvalue weighted by molar-refractivity contribution is 0.0418. The van der Waals surface area contributed by atoms with Crippen molar-refractivity contribution < 1.29 is 9.53 Å². The number of hydrogen-bond acceptors (Lipinski definition) is 4. The molecular formula is C26H48ClN3O2. The number of para-hydroxylation sites is 1. The topological polar surface area (TPSA) is 44.8 Å². The number of halogens is 1. The second-order valence-electron chi connectivity index (χ2n) is 10.5. The van der Waals surface area contributed by atoms with Crippen molar-refractivity contribution in [2.75, 3.05) is 44.6 Å². The van der Waals surface area contributed by atoms with Crippen LogP contribution in [0.5, 0.6) is 0 Å². The number of hydrogen-bond donors (Lipinski definition) is 1. The summed E-state index contributed by atoms with van der Waals surface area (Å²) in [7, 11) is 0. The molecule has 0 aromatic heterocycles. The first-order valence-corrected chi connectivity index (χ1v) is 12.0. The zero-order chi connectivity index (χ0) is 23.4. The van der Waals surface area contributed by atoms with E-state index in [0.29, 0.717) is 23.7 Å². The van der Waals surface area contributed by atoms with Gasteiger partial charge in [0.1, 0.15) is 6.10 Å². The highest BCUT2D eigenvalue weighted by atomic mass is 35.5. The van der Waals surface area contributed by atoms with Crippen LogP contribution < -0.4 is 5.32 Å². The molecule has 0 unspecified atom stereocenters. The molecule has 0 bridgehead atoms. The van der Waals surface area contributed by atoms with Crippen LogP contribution in [0.4, 0.5) is 10.5 Å². The van der Waals surface area contributed by atoms with Crippen LogP contribution in [0.1, 0.15) is 55.4 Å². The lowest BCUT2D eigenvalue weighted by atomic mass is 10.1. The normalized spacial score (nSPS) is 11.8. The summed E-state index contributed by atoms with van der Waals surface area (Å²) < 4.78 is 6.01. The first kappa shape index (κ1) is 30.7. The van der Waals surface area contributed by atoms with Crippen LogP contribution in [0.2, 0.25) is 0 Å². The van der Waals surface area contributed by atoms with Gasteiger partial charge in [0.25, 0.3) is 0 Å². The Morgan fingerprint density at radius 2 is 1.09 bits per heavy atom. The zero-order valence-corrected chi connectivity index (χ0v) is 22.5. The third-order valence-electron chi connectivity index (χ3n) is 4.71. The highest BCUT2D eigenvalue weighted by Crippen LogP contribution is 2.12. The zero-order valence-electron chi connectivity index (χ0n) is 21.6. The molecule has 0 aliphatic rings. The third-order valence-corrected chi connectivity index (χ3v) is 4.71. The predicted octanol–water partition coefficient (Wildman–Crippen LogP) is 6.25. The van der Waals surface area contributed by atoms with E-state index < -0.39 is 0 Å². The number of rotatable bonds is 14. The Bertz CT molecular complexity index is 562. The smallest absolute Gasteiger partial charge is 0.411 e. The molecular weight excluding hydrogens is 422 g/mol. The summed E-state index contributed by atoms with van der Waals surface area (Å²) in [6.45, 7) is 23.5. The van der Waals surface area contributed by atoms with Crippen LogP contribution in [0.15, 0.2) is 30.3 Å². The minimum Gasteiger partial charge on any atom is -0.443 e. The number of ether oxygens (including phenoxy) is 1. The molecule has 1 rings (SSSR count). The SMILES string of the molecule is CC(C)CN(CC(C)C)CC(CN(CC(C)C)CC(C)C)OC(=O)Nc1ccccc1.Cl. The van der Waals surface area contributed by atoms with E-state index in [9.17, 15) is 4.79 Å². The minimum atomic E-state index is -0.376. The highest BCUT2D eigenvalue weighted by molar-refractivity contribution is 5.85. The van der Waals surface area contributed by atoms with Gasteiger partial charge < -0.3 is 4.74 Å². The van der Waals surface area contributed by atoms with Crippen LogP contribution in [0, 0.1) is 23.7 Å². The summed E-state index contributed by atoms with van der Waals surface area (Å²) in [5, 5.41) is 2.88. The second-order valence-corrected chi connectivity index (χ2v) is 10.5. The third kappa shape index (κ3) is 14.7. The fraction of sp³-hybridized carbons (Fsp3) is 0.731. The quantitative estimate of drug-likeness (QED) is 0.349. The molecule has 0 fully saturated rings. The van der Waals surface area contributed by atoms with Gasteiger partial charge in [-0.3, -0.25) is 15.1 Å². The van der Waals surface area contributed by atoms with Gasteiger partial charge in [-0.1, -0.05) is 73.6 Å². The summed E-state index contributed by atoms with van der Waals surface area (Å²) in [5.74, 6) is 2.28. The Kier molecular flexibility index (Phi) is 15.7. The maximum absolute atomic E-state index is 12.7. The largest absolute Gasteiger partial charge is 0.443 e. The maximum Gasteiger partial charge on any atom is 0.411 e. The van der Waals surface area contributed by atoms with E-state index in [1.54, 1.807) is 0 Å². The molecule has 6 heteroatoms. The average Bonchev–Trinajstić information content (AvgIpc) is 2.59. The molecule has 0 aliphatic carbocycles. The summed E-state index contributed by atoms with van der Waals surface area (Å²) in [6, 6.07) is 9.51. The molecule has 1 aromatic carbocycles. The number of amides is 1. The lowest BCUT2D eigenvalue weighted by Gasteiger charge is -2.34. The number of nitrogens with zero attached hydrogens (tertiary/aromatic N) is 2. The maximum atomic E-state index is 12.7. The predicted molar refractivity (Wildman–Crippen MR) is 140 cm³/mol. The van der Waals surface area contributed by atoms with Crippen LogP contribution in [-0.2, 0) is 4.74 Å². The minimum absolute atomic E-state index is 0. The van der Waals surface area contributed by atoms with Crippen molar-refractivity contribution in [2.24, 2.45) is 23.7 Å². The van der Waals surface area contributed by atoms with Gasteiger partial charge in [-0.15, -0.1) is 12.4 Å². The molecule has 0 saturated carbocycles. The van der Waals surface area contributed by atoms with E-state index in [1.807, 2.05) is 30.3 Å². The van der Waals surface area contributed by atoms with Crippen molar-refractivity contribution in [3.05, 3.63) is 30.3 Å². The molecule has 0 heterocycles. The number of carbonyl (C=O) groups excluding carboxylic acids is 1. The lowest BCUT2D eigenvalue weighted by Crippen LogP contribution is -2.46. The fourth-order valence-electron chi connectivity index (χ4n) is 4.04. The first-order valence-electron chi connectivity index (χ1n) is 12.0. The first-order chi connectivity index (χ1) is 14.5. The van der Waals surface area contributed by atoms with Gasteiger partial charge in [0.15, 0.2) is 0 Å². The average molecular weight is 470 g/mol. The van der Waals surface area contributed by atoms with Crippen molar-refractivity contribution in [3.8, 4) is 0 Å². The monoisotopic (exact) mass is 469 g/mol. The Labute approximate surface area is 203 Å².